The quantitative estimate of drug-likeness (QED) is 0.447. The predicted molar refractivity (Wildman–Crippen MR) is 68.9 cm³/mol. The molecule has 100 valence electrons. The van der Waals surface area contributed by atoms with E-state index in [-0.39, 0.29) is 5.82 Å². The zero-order valence-electron chi connectivity index (χ0n) is 10.3. The molecular weight excluding hydrogens is 250 g/mol. The molecule has 2 N–H and O–H groups in total. The maximum atomic E-state index is 10.7. The molecule has 0 bridgehead atoms. The van der Waals surface area contributed by atoms with E-state index in [4.69, 9.17) is 0 Å². The van der Waals surface area contributed by atoms with Crippen LogP contribution in [0.3, 0.4) is 0 Å². The topological polar surface area (TPSA) is 111 Å². The number of hydrogen-bond acceptors (Lipinski definition) is 7. The monoisotopic (exact) mass is 263 g/mol. The highest BCUT2D eigenvalue weighted by atomic mass is 16.6. The van der Waals surface area contributed by atoms with Crippen LogP contribution in [0, 0.1) is 10.1 Å². The Kier molecular flexibility index (Phi) is 3.86. The number of nitrogens with one attached hydrogen (secondary N) is 2. The molecule has 0 saturated heterocycles. The third kappa shape index (κ3) is 3.15. The zero-order chi connectivity index (χ0) is 13.7. The van der Waals surface area contributed by atoms with Crippen molar-refractivity contribution in [2.45, 2.75) is 0 Å². The largest absolute Gasteiger partial charge is 0.406 e. The van der Waals surface area contributed by atoms with Crippen LogP contribution in [-0.4, -0.2) is 37.5 Å². The van der Waals surface area contributed by atoms with Gasteiger partial charge in [0.2, 0.25) is 12.1 Å². The normalized spacial score (nSPS) is 10.2. The fourth-order valence-electron chi connectivity index (χ4n) is 1.52. The van der Waals surface area contributed by atoms with E-state index in [1.807, 2.05) is 0 Å². The zero-order valence-corrected chi connectivity index (χ0v) is 10.3. The maximum absolute atomic E-state index is 10.7. The Labute approximate surface area is 108 Å². The molecule has 19 heavy (non-hydrogen) atoms. The van der Waals surface area contributed by atoms with Crippen LogP contribution in [0.25, 0.3) is 0 Å². The lowest BCUT2D eigenvalue weighted by Gasteiger charge is -2.07. The van der Waals surface area contributed by atoms with E-state index in [9.17, 15) is 10.1 Å². The highest BCUT2D eigenvalue weighted by Gasteiger charge is 2.19. The summed E-state index contributed by atoms with van der Waals surface area (Å²) in [5.74, 6) is 0.858. The van der Waals surface area contributed by atoms with E-state index in [1.54, 1.807) is 30.2 Å². The molecule has 0 aliphatic rings. The van der Waals surface area contributed by atoms with Gasteiger partial charge in [-0.2, -0.15) is 0 Å². The van der Waals surface area contributed by atoms with Gasteiger partial charge in [-0.1, -0.05) is 0 Å². The highest BCUT2D eigenvalue weighted by Crippen LogP contribution is 2.20. The summed E-state index contributed by atoms with van der Waals surface area (Å²) < 4.78 is 1.57. The van der Waals surface area contributed by atoms with Crippen LogP contribution in [0.1, 0.15) is 0 Å². The van der Waals surface area contributed by atoms with Gasteiger partial charge in [0.1, 0.15) is 5.82 Å². The minimum atomic E-state index is -0.515. The lowest BCUT2D eigenvalue weighted by atomic mass is 10.5. The number of imidazole rings is 1. The van der Waals surface area contributed by atoms with Crippen molar-refractivity contribution in [1.29, 1.82) is 0 Å². The Hall–Kier alpha value is -2.71. The number of aryl methyl sites for hydroxylation is 1. The molecule has 0 fully saturated rings. The summed E-state index contributed by atoms with van der Waals surface area (Å²) in [5.41, 5.74) is 0. The number of nitrogens with zero attached hydrogens (tertiary/aromatic N) is 5. The molecule has 2 heterocycles. The van der Waals surface area contributed by atoms with Crippen molar-refractivity contribution >= 4 is 17.5 Å². The molecule has 0 aromatic carbocycles. The second-order valence-electron chi connectivity index (χ2n) is 3.73. The molecule has 9 heteroatoms. The Morgan fingerprint density at radius 1 is 1.32 bits per heavy atom. The van der Waals surface area contributed by atoms with Gasteiger partial charge in [-0.25, -0.2) is 4.98 Å². The molecule has 0 saturated carbocycles. The molecule has 2 aromatic heterocycles. The van der Waals surface area contributed by atoms with Crippen molar-refractivity contribution in [1.82, 2.24) is 19.5 Å². The molecule has 0 aliphatic carbocycles. The lowest BCUT2D eigenvalue weighted by Crippen LogP contribution is -2.16. The van der Waals surface area contributed by atoms with Crippen LogP contribution in [0.15, 0.2) is 24.9 Å². The van der Waals surface area contributed by atoms with Gasteiger partial charge in [-0.15, -0.1) is 0 Å². The number of aromatic nitrogens is 4. The van der Waals surface area contributed by atoms with Crippen LogP contribution in [-0.2, 0) is 7.05 Å². The SMILES string of the molecule is Cn1cnc([N+](=O)[O-])c1NCCNc1cnccn1. The molecule has 0 radical (unpaired) electrons. The van der Waals surface area contributed by atoms with Crippen molar-refractivity contribution in [2.75, 3.05) is 23.7 Å². The second-order valence-corrected chi connectivity index (χ2v) is 3.73. The van der Waals surface area contributed by atoms with Gasteiger partial charge in [-0.3, -0.25) is 9.55 Å². The first-order valence-electron chi connectivity index (χ1n) is 5.58. The van der Waals surface area contributed by atoms with Crippen molar-refractivity contribution in [3.8, 4) is 0 Å². The third-order valence-electron chi connectivity index (χ3n) is 2.38. The second kappa shape index (κ2) is 5.76. The van der Waals surface area contributed by atoms with E-state index in [1.165, 1.54) is 6.33 Å². The van der Waals surface area contributed by atoms with Crippen LogP contribution in [0.5, 0.6) is 0 Å². The van der Waals surface area contributed by atoms with Gasteiger partial charge in [-0.05, 0) is 9.91 Å². The Bertz CT molecular complexity index is 554. The van der Waals surface area contributed by atoms with E-state index < -0.39 is 4.92 Å². The van der Waals surface area contributed by atoms with Crippen molar-refractivity contribution < 1.29 is 4.92 Å². The van der Waals surface area contributed by atoms with Crippen molar-refractivity contribution in [3.63, 3.8) is 0 Å². The minimum Gasteiger partial charge on any atom is -0.367 e. The van der Waals surface area contributed by atoms with Gasteiger partial charge >= 0.3 is 5.82 Å². The van der Waals surface area contributed by atoms with Gasteiger partial charge in [0, 0.05) is 32.5 Å². The number of hydrogen-bond donors (Lipinski definition) is 2. The van der Waals surface area contributed by atoms with Gasteiger partial charge in [0.15, 0.2) is 0 Å². The molecule has 0 amide bonds. The summed E-state index contributed by atoms with van der Waals surface area (Å²) in [4.78, 5) is 21.9. The lowest BCUT2D eigenvalue weighted by molar-refractivity contribution is -0.388. The molecule has 0 aliphatic heterocycles. The maximum Gasteiger partial charge on any atom is 0.406 e. The minimum absolute atomic E-state index is 0.179. The fourth-order valence-corrected chi connectivity index (χ4v) is 1.52. The van der Waals surface area contributed by atoms with Crippen LogP contribution in [0.2, 0.25) is 0 Å². The summed E-state index contributed by atoms with van der Waals surface area (Å²) in [6.07, 6.45) is 6.17. The Morgan fingerprint density at radius 3 is 2.79 bits per heavy atom. The standard InChI is InChI=1S/C10H13N7O2/c1-16-7-15-10(17(18)19)9(16)14-5-4-13-8-6-11-2-3-12-8/h2-3,6-7,14H,4-5H2,1H3,(H,12,13). The molecule has 2 aromatic rings. The van der Waals surface area contributed by atoms with Crippen molar-refractivity contribution in [2.24, 2.45) is 7.05 Å². The summed E-state index contributed by atoms with van der Waals surface area (Å²) in [7, 11) is 1.69. The highest BCUT2D eigenvalue weighted by molar-refractivity contribution is 5.52. The van der Waals surface area contributed by atoms with Crippen LogP contribution < -0.4 is 10.6 Å². The summed E-state index contributed by atoms with van der Waals surface area (Å²) in [6.45, 7) is 1.05. The first-order chi connectivity index (χ1) is 9.18. The molecule has 9 nitrogen and oxygen atoms in total. The number of nitro groups is 1. The van der Waals surface area contributed by atoms with E-state index in [0.717, 1.165) is 0 Å². The summed E-state index contributed by atoms with van der Waals surface area (Å²) in [5, 5.41) is 16.7. The summed E-state index contributed by atoms with van der Waals surface area (Å²) in [6, 6.07) is 0. The van der Waals surface area contributed by atoms with E-state index >= 15 is 0 Å². The summed E-state index contributed by atoms with van der Waals surface area (Å²) >= 11 is 0. The fraction of sp³-hybridized carbons (Fsp3) is 0.300. The molecule has 0 spiro atoms. The average molecular weight is 263 g/mol. The molecule has 0 unspecified atom stereocenters. The smallest absolute Gasteiger partial charge is 0.367 e. The van der Waals surface area contributed by atoms with Gasteiger partial charge < -0.3 is 20.7 Å². The number of anilines is 2. The molecule has 2 rings (SSSR count). The van der Waals surface area contributed by atoms with E-state index in [2.05, 4.69) is 25.6 Å². The Balaban J connectivity index is 1.86. The Morgan fingerprint density at radius 2 is 2.11 bits per heavy atom. The van der Waals surface area contributed by atoms with Gasteiger partial charge in [0.05, 0.1) is 6.20 Å². The average Bonchev–Trinajstić information content (AvgIpc) is 2.77. The van der Waals surface area contributed by atoms with E-state index in [0.29, 0.717) is 24.7 Å². The van der Waals surface area contributed by atoms with Crippen LogP contribution in [0.4, 0.5) is 17.5 Å². The first kappa shape index (κ1) is 12.7. The first-order valence-corrected chi connectivity index (χ1v) is 5.58. The van der Waals surface area contributed by atoms with Crippen molar-refractivity contribution in [3.05, 3.63) is 35.0 Å². The predicted octanol–water partition coefficient (Wildman–Crippen LogP) is 0.642. The third-order valence-corrected chi connectivity index (χ3v) is 2.38. The van der Waals surface area contributed by atoms with Gasteiger partial charge in [0.25, 0.3) is 0 Å². The van der Waals surface area contributed by atoms with Crippen LogP contribution >= 0.6 is 0 Å². The molecule has 0 atom stereocenters. The number of rotatable bonds is 6. The molecular formula is C10H13N7O2.